The van der Waals surface area contributed by atoms with Gasteiger partial charge < -0.3 is 4.90 Å². The Morgan fingerprint density at radius 3 is 2.65 bits per heavy atom. The normalized spacial score (nSPS) is 14.1. The maximum Gasteiger partial charge on any atom is 0.171 e. The van der Waals surface area contributed by atoms with Gasteiger partial charge in [0.1, 0.15) is 5.82 Å². The molecule has 0 unspecified atom stereocenters. The summed E-state index contributed by atoms with van der Waals surface area (Å²) in [7, 11) is 0. The zero-order valence-electron chi connectivity index (χ0n) is 17.3. The average Bonchev–Trinajstić information content (AvgIpc) is 2.75. The number of ketones is 1. The lowest BCUT2D eigenvalue weighted by atomic mass is 9.99. The van der Waals surface area contributed by atoms with Gasteiger partial charge in [0.25, 0.3) is 0 Å². The number of hydrogen-bond acceptors (Lipinski definition) is 6. The predicted octanol–water partition coefficient (Wildman–Crippen LogP) is 4.48. The molecule has 0 amide bonds. The van der Waals surface area contributed by atoms with Crippen LogP contribution in [0.3, 0.4) is 0 Å². The first-order chi connectivity index (χ1) is 14.9. The molecular formula is C23H21ClFN5O. The van der Waals surface area contributed by atoms with Crippen molar-refractivity contribution in [1.82, 2.24) is 19.9 Å². The van der Waals surface area contributed by atoms with Gasteiger partial charge in [-0.3, -0.25) is 14.8 Å². The average molecular weight is 438 g/mol. The van der Waals surface area contributed by atoms with Crippen LogP contribution in [-0.4, -0.2) is 38.8 Å². The molecule has 3 aromatic rings. The van der Waals surface area contributed by atoms with Crippen molar-refractivity contribution in [3.05, 3.63) is 82.0 Å². The molecule has 0 N–H and O–H groups in total. The number of rotatable bonds is 5. The summed E-state index contributed by atoms with van der Waals surface area (Å²) >= 11 is 6.21. The van der Waals surface area contributed by atoms with Crippen LogP contribution in [0.15, 0.2) is 48.6 Å². The van der Waals surface area contributed by atoms with Crippen molar-refractivity contribution in [2.45, 2.75) is 26.7 Å². The number of halogens is 2. The van der Waals surface area contributed by atoms with Gasteiger partial charge in [0.2, 0.25) is 0 Å². The summed E-state index contributed by atoms with van der Waals surface area (Å²) in [4.78, 5) is 31.9. The van der Waals surface area contributed by atoms with E-state index in [-0.39, 0.29) is 17.8 Å². The molecular weight excluding hydrogens is 417 g/mol. The Bertz CT molecular complexity index is 1160. The molecule has 1 aliphatic rings. The molecule has 0 saturated heterocycles. The number of Topliss-reactive ketones (excluding diaryl/α,β-unsaturated/α-hetero) is 1. The van der Waals surface area contributed by atoms with Crippen molar-refractivity contribution in [3.8, 4) is 0 Å². The molecule has 0 spiro atoms. The molecule has 2 aromatic heterocycles. The highest BCUT2D eigenvalue weighted by molar-refractivity contribution is 6.31. The van der Waals surface area contributed by atoms with Crippen LogP contribution >= 0.6 is 11.6 Å². The van der Waals surface area contributed by atoms with Crippen LogP contribution in [0.2, 0.25) is 5.15 Å². The molecule has 158 valence electrons. The van der Waals surface area contributed by atoms with E-state index in [1.54, 1.807) is 37.8 Å². The molecule has 6 nitrogen and oxygen atoms in total. The van der Waals surface area contributed by atoms with E-state index in [4.69, 9.17) is 11.6 Å². The van der Waals surface area contributed by atoms with Crippen molar-refractivity contribution in [3.63, 3.8) is 0 Å². The first-order valence-corrected chi connectivity index (χ1v) is 10.3. The van der Waals surface area contributed by atoms with E-state index in [0.29, 0.717) is 23.2 Å². The topological polar surface area (TPSA) is 71.9 Å². The molecule has 0 atom stereocenters. The summed E-state index contributed by atoms with van der Waals surface area (Å²) in [6.45, 7) is 5.23. The van der Waals surface area contributed by atoms with Crippen molar-refractivity contribution in [1.29, 1.82) is 0 Å². The lowest BCUT2D eigenvalue weighted by Gasteiger charge is -2.30. The first kappa shape index (κ1) is 21.1. The number of aryl methyl sites for hydroxylation is 1. The molecule has 4 rings (SSSR count). The minimum atomic E-state index is -0.514. The van der Waals surface area contributed by atoms with Gasteiger partial charge in [-0.25, -0.2) is 14.4 Å². The number of carbonyl (C=O) groups is 1. The molecule has 0 radical (unpaired) electrons. The van der Waals surface area contributed by atoms with E-state index in [0.717, 1.165) is 29.8 Å². The monoisotopic (exact) mass is 437 g/mol. The molecule has 31 heavy (non-hydrogen) atoms. The van der Waals surface area contributed by atoms with Gasteiger partial charge in [-0.05, 0) is 43.5 Å². The second-order valence-electron chi connectivity index (χ2n) is 7.58. The molecule has 8 heteroatoms. The Morgan fingerprint density at radius 1 is 1.13 bits per heavy atom. The van der Waals surface area contributed by atoms with E-state index < -0.39 is 5.82 Å². The van der Waals surface area contributed by atoms with Crippen LogP contribution in [0.1, 0.15) is 40.7 Å². The summed E-state index contributed by atoms with van der Waals surface area (Å²) in [5, 5.41) is 0.365. The van der Waals surface area contributed by atoms with Crippen molar-refractivity contribution < 1.29 is 9.18 Å². The second-order valence-corrected chi connectivity index (χ2v) is 7.94. The molecule has 0 saturated carbocycles. The summed E-state index contributed by atoms with van der Waals surface area (Å²) in [6.07, 6.45) is 7.26. The summed E-state index contributed by atoms with van der Waals surface area (Å²) < 4.78 is 14.1. The molecule has 0 bridgehead atoms. The van der Waals surface area contributed by atoms with Crippen molar-refractivity contribution in [2.75, 3.05) is 18.0 Å². The van der Waals surface area contributed by atoms with Crippen LogP contribution in [0.25, 0.3) is 5.57 Å². The third kappa shape index (κ3) is 4.61. The van der Waals surface area contributed by atoms with Crippen LogP contribution < -0.4 is 4.90 Å². The highest BCUT2D eigenvalue weighted by Gasteiger charge is 2.22. The smallest absolute Gasteiger partial charge is 0.171 e. The van der Waals surface area contributed by atoms with E-state index >= 15 is 0 Å². The number of carbonyl (C=O) groups excluding carboxylic acids is 1. The first-order valence-electron chi connectivity index (χ1n) is 9.93. The molecule has 0 fully saturated rings. The Hall–Kier alpha value is -3.19. The Balaban J connectivity index is 1.50. The summed E-state index contributed by atoms with van der Waals surface area (Å²) in [5.74, 6) is -0.194. The quantitative estimate of drug-likeness (QED) is 0.548. The summed E-state index contributed by atoms with van der Waals surface area (Å²) in [5.41, 5.74) is 4.33. The van der Waals surface area contributed by atoms with Gasteiger partial charge in [-0.15, -0.1) is 0 Å². The van der Waals surface area contributed by atoms with E-state index in [1.807, 2.05) is 0 Å². The summed E-state index contributed by atoms with van der Waals surface area (Å²) in [6, 6.07) is 4.59. The fourth-order valence-electron chi connectivity index (χ4n) is 3.57. The fraction of sp³-hybridized carbons (Fsp3) is 0.261. The SMILES string of the molecule is CC1=C(c2cnc(CC(=O)c3ccc(C)cc3F)cn2)CN(c2nccnc2Cl)CC1. The number of benzene rings is 1. The number of aromatic nitrogens is 4. The lowest BCUT2D eigenvalue weighted by molar-refractivity contribution is 0.0988. The third-order valence-corrected chi connectivity index (χ3v) is 5.60. The van der Waals surface area contributed by atoms with Crippen LogP contribution in [0.4, 0.5) is 10.2 Å². The number of nitrogens with zero attached hydrogens (tertiary/aromatic N) is 5. The highest BCUT2D eigenvalue weighted by atomic mass is 35.5. The standard InChI is InChI=1S/C23H21ClFN5O/c1-14-3-4-17(19(25)9-14)21(31)10-16-11-29-20(12-28-16)18-13-30(8-5-15(18)2)23-22(24)26-6-7-27-23/h3-4,6-7,9,11-12H,5,8,10,13H2,1-2H3. The molecule has 3 heterocycles. The Labute approximate surface area is 184 Å². The van der Waals surface area contributed by atoms with Crippen molar-refractivity contribution in [2.24, 2.45) is 0 Å². The molecule has 0 aliphatic carbocycles. The van der Waals surface area contributed by atoms with Gasteiger partial charge in [0, 0.05) is 31.7 Å². The van der Waals surface area contributed by atoms with Gasteiger partial charge in [-0.1, -0.05) is 23.2 Å². The Kier molecular flexibility index (Phi) is 6.04. The van der Waals surface area contributed by atoms with Crippen LogP contribution in [0, 0.1) is 12.7 Å². The largest absolute Gasteiger partial charge is 0.349 e. The van der Waals surface area contributed by atoms with Gasteiger partial charge >= 0.3 is 0 Å². The lowest BCUT2D eigenvalue weighted by Crippen LogP contribution is -2.32. The minimum absolute atomic E-state index is 0.00731. The third-order valence-electron chi connectivity index (χ3n) is 5.34. The molecule has 1 aromatic carbocycles. The molecule has 1 aliphatic heterocycles. The van der Waals surface area contributed by atoms with E-state index in [2.05, 4.69) is 31.8 Å². The fourth-order valence-corrected chi connectivity index (χ4v) is 3.80. The maximum absolute atomic E-state index is 14.1. The van der Waals surface area contributed by atoms with E-state index in [9.17, 15) is 9.18 Å². The van der Waals surface area contributed by atoms with Crippen LogP contribution in [-0.2, 0) is 6.42 Å². The van der Waals surface area contributed by atoms with Gasteiger partial charge in [-0.2, -0.15) is 0 Å². The predicted molar refractivity (Wildman–Crippen MR) is 118 cm³/mol. The maximum atomic E-state index is 14.1. The van der Waals surface area contributed by atoms with Gasteiger partial charge in [0.05, 0.1) is 29.6 Å². The number of anilines is 1. The second kappa shape index (κ2) is 8.89. The van der Waals surface area contributed by atoms with Crippen LogP contribution in [0.5, 0.6) is 0 Å². The van der Waals surface area contributed by atoms with Crippen molar-refractivity contribution >= 4 is 28.8 Å². The van der Waals surface area contributed by atoms with Gasteiger partial charge in [0.15, 0.2) is 16.8 Å². The van der Waals surface area contributed by atoms with E-state index in [1.165, 1.54) is 17.7 Å². The zero-order chi connectivity index (χ0) is 22.0. The minimum Gasteiger partial charge on any atom is -0.349 e. The number of hydrogen-bond donors (Lipinski definition) is 0. The highest BCUT2D eigenvalue weighted by Crippen LogP contribution is 2.30. The zero-order valence-corrected chi connectivity index (χ0v) is 18.0. The Morgan fingerprint density at radius 2 is 1.94 bits per heavy atom.